The third-order valence-electron chi connectivity index (χ3n) is 12.5. The van der Waals surface area contributed by atoms with E-state index in [1.165, 1.54) is 4.90 Å². The number of imidazole rings is 2. The molecule has 0 bridgehead atoms. The van der Waals surface area contributed by atoms with Crippen molar-refractivity contribution in [1.29, 1.82) is 0 Å². The summed E-state index contributed by atoms with van der Waals surface area (Å²) in [6.07, 6.45) is 9.34. The summed E-state index contributed by atoms with van der Waals surface area (Å²) in [7, 11) is 0. The molecule has 4 aromatic carbocycles. The van der Waals surface area contributed by atoms with E-state index in [2.05, 4.69) is 49.2 Å². The fourth-order valence-corrected chi connectivity index (χ4v) is 9.59. The Balaban J connectivity index is 0.000000234. The maximum absolute atomic E-state index is 13.4. The summed E-state index contributed by atoms with van der Waals surface area (Å²) in [5.74, 6) is 13.9. The lowest BCUT2D eigenvalue weighted by Crippen LogP contribution is -2.56. The van der Waals surface area contributed by atoms with Gasteiger partial charge in [-0.3, -0.25) is 9.13 Å². The summed E-state index contributed by atoms with van der Waals surface area (Å²) < 4.78 is 20.5. The summed E-state index contributed by atoms with van der Waals surface area (Å²) >= 11 is 25.3. The van der Waals surface area contributed by atoms with Crippen LogP contribution in [-0.2, 0) is 23.9 Å². The molecule has 0 unspecified atom stereocenters. The number of rotatable bonds is 14. The second kappa shape index (κ2) is 26.8. The van der Waals surface area contributed by atoms with Gasteiger partial charge in [-0.15, -0.1) is 26.7 Å². The summed E-state index contributed by atoms with van der Waals surface area (Å²) in [5.41, 5.74) is 3.68. The molecule has 19 nitrogen and oxygen atoms in total. The maximum atomic E-state index is 13.4. The third-order valence-corrected chi connectivity index (χ3v) is 13.6. The quantitative estimate of drug-likeness (QED) is 0.0247. The normalized spacial score (nSPS) is 13.5. The van der Waals surface area contributed by atoms with Crippen LogP contribution in [-0.4, -0.2) is 95.8 Å². The SMILES string of the molecule is C#CC1(OC(=O)c2nc(-c3ccc(Cl)cc3Cl)n(-c3ccc(C#CCCO[N+](=O)[O-])cc3)c2C)CCCCC1.Cc1c(C(=O)OC2CN(C(=O)OC(C)(C)C)C2)nc(-c2ccc(Cl)cc2Cl)n1-c1ccc(C#CCCO[N+](=O)[O-])cc1. The number of hydrogen-bond acceptors (Lipinski definition) is 14. The highest BCUT2D eigenvalue weighted by Crippen LogP contribution is 2.37. The number of ether oxygens (including phenoxy) is 3. The Hall–Kier alpha value is -8.25. The molecule has 1 amide bonds. The summed E-state index contributed by atoms with van der Waals surface area (Å²) in [5, 5.41) is 20.4. The number of benzene rings is 4. The van der Waals surface area contributed by atoms with E-state index in [1.807, 2.05) is 16.7 Å². The standard InChI is InChI=1S/C29H28Cl2N4O7.C29H25Cl2N3O5/c1-18-25(27(36)41-22-16-33(17-22)28(37)42-29(2,3)4)32-26(23-13-10-20(30)15-24(23)31)34(18)21-11-8-19(9-12-21)7-5-6-14-40-35(38)39;1-3-29(16-6-4-7-17-29)39-28(35)26-20(2)33(27(32-26)24-15-12-22(30)19-25(24)31)23-13-10-21(11-14-23)9-5-8-18-38-34(36)37/h8-13,15,22H,6,14,16-17H2,1-4H3;1,10-15,19H,4,6-8,16-18H2,2H3. The molecule has 1 saturated heterocycles. The third kappa shape index (κ3) is 15.8. The minimum absolute atomic E-state index is 0.0985. The number of hydrogen-bond donors (Lipinski definition) is 0. The van der Waals surface area contributed by atoms with Gasteiger partial charge in [-0.05, 0) is 145 Å². The molecule has 2 fully saturated rings. The number of likely N-dealkylation sites (tertiary alicyclic amines) is 1. The first-order chi connectivity index (χ1) is 38.5. The molecule has 8 rings (SSSR count). The average Bonchev–Trinajstić information content (AvgIpc) is 3.99. The van der Waals surface area contributed by atoms with Gasteiger partial charge in [0.05, 0.1) is 34.5 Å². The lowest BCUT2D eigenvalue weighted by Gasteiger charge is -2.38. The largest absolute Gasteiger partial charge is 0.454 e. The van der Waals surface area contributed by atoms with Crippen molar-refractivity contribution >= 4 is 64.4 Å². The molecule has 0 radical (unpaired) electrons. The zero-order chi connectivity index (χ0) is 58.6. The minimum Gasteiger partial charge on any atom is -0.454 e. The van der Waals surface area contributed by atoms with Gasteiger partial charge in [-0.25, -0.2) is 24.4 Å². The van der Waals surface area contributed by atoms with Crippen LogP contribution < -0.4 is 0 Å². The summed E-state index contributed by atoms with van der Waals surface area (Å²) in [6.45, 7) is 9.10. The van der Waals surface area contributed by atoms with Crippen LogP contribution in [0, 0.1) is 70.1 Å². The van der Waals surface area contributed by atoms with Crippen molar-refractivity contribution in [2.45, 2.75) is 96.9 Å². The van der Waals surface area contributed by atoms with E-state index < -0.39 is 45.5 Å². The Morgan fingerprint density at radius 2 is 1.14 bits per heavy atom. The number of amides is 1. The predicted octanol–water partition coefficient (Wildman–Crippen LogP) is 12.5. The Labute approximate surface area is 486 Å². The molecule has 3 heterocycles. The highest BCUT2D eigenvalue weighted by molar-refractivity contribution is 6.37. The van der Waals surface area contributed by atoms with Crippen LogP contribution in [0.3, 0.4) is 0 Å². The van der Waals surface area contributed by atoms with Crippen LogP contribution in [0.2, 0.25) is 20.1 Å². The number of aromatic nitrogens is 4. The number of carbonyl (C=O) groups excluding carboxylic acids is 3. The van der Waals surface area contributed by atoms with Crippen LogP contribution in [0.4, 0.5) is 4.79 Å². The molecule has 2 aliphatic rings. The number of halogens is 4. The molecule has 23 heteroatoms. The molecule has 0 N–H and O–H groups in total. The Kier molecular flexibility index (Phi) is 20.0. The van der Waals surface area contributed by atoms with Crippen LogP contribution in [0.25, 0.3) is 34.2 Å². The van der Waals surface area contributed by atoms with E-state index >= 15 is 0 Å². The highest BCUT2D eigenvalue weighted by atomic mass is 35.5. The van der Waals surface area contributed by atoms with Gasteiger partial charge in [0.1, 0.15) is 36.6 Å². The van der Waals surface area contributed by atoms with Crippen molar-refractivity contribution in [3.63, 3.8) is 0 Å². The van der Waals surface area contributed by atoms with Crippen LogP contribution in [0.1, 0.15) is 109 Å². The molecule has 1 aliphatic carbocycles. The molecule has 6 aromatic rings. The van der Waals surface area contributed by atoms with Gasteiger partial charge in [0.15, 0.2) is 17.0 Å². The zero-order valence-corrected chi connectivity index (χ0v) is 47.6. The monoisotopic (exact) mass is 1180 g/mol. The zero-order valence-electron chi connectivity index (χ0n) is 44.6. The van der Waals surface area contributed by atoms with Gasteiger partial charge >= 0.3 is 18.0 Å². The second-order valence-corrected chi connectivity index (χ2v) is 21.2. The molecule has 0 spiro atoms. The van der Waals surface area contributed by atoms with Crippen LogP contribution in [0.5, 0.6) is 0 Å². The number of terminal acetylenes is 1. The van der Waals surface area contributed by atoms with Gasteiger partial charge < -0.3 is 28.8 Å². The van der Waals surface area contributed by atoms with Crippen molar-refractivity contribution in [2.75, 3.05) is 26.3 Å². The molecule has 81 heavy (non-hydrogen) atoms. The van der Waals surface area contributed by atoms with E-state index in [1.54, 1.807) is 112 Å². The van der Waals surface area contributed by atoms with Crippen molar-refractivity contribution in [3.05, 3.63) is 159 Å². The van der Waals surface area contributed by atoms with Gasteiger partial charge in [0.25, 0.3) is 10.2 Å². The first-order valence-corrected chi connectivity index (χ1v) is 26.8. The van der Waals surface area contributed by atoms with Crippen molar-refractivity contribution in [1.82, 2.24) is 24.0 Å². The number of esters is 2. The fourth-order valence-electron chi connectivity index (χ4n) is 8.60. The lowest BCUT2D eigenvalue weighted by molar-refractivity contribution is -0.757. The molecular weight excluding hydrogens is 1130 g/mol. The van der Waals surface area contributed by atoms with Crippen molar-refractivity contribution in [3.8, 4) is 70.2 Å². The molecule has 420 valence electrons. The van der Waals surface area contributed by atoms with Gasteiger partial charge in [0, 0.05) is 56.5 Å². The van der Waals surface area contributed by atoms with Crippen LogP contribution in [0.15, 0.2) is 84.9 Å². The Morgan fingerprint density at radius 3 is 1.54 bits per heavy atom. The van der Waals surface area contributed by atoms with Crippen molar-refractivity contribution < 1.29 is 48.4 Å². The summed E-state index contributed by atoms with van der Waals surface area (Å²) in [6, 6.07) is 24.5. The highest BCUT2D eigenvalue weighted by Gasteiger charge is 2.38. The smallest absolute Gasteiger partial charge is 0.410 e. The van der Waals surface area contributed by atoms with Crippen molar-refractivity contribution in [2.24, 2.45) is 0 Å². The predicted molar refractivity (Wildman–Crippen MR) is 303 cm³/mol. The van der Waals surface area contributed by atoms with Gasteiger partial charge in [0.2, 0.25) is 0 Å². The summed E-state index contributed by atoms with van der Waals surface area (Å²) in [4.78, 5) is 78.7. The number of carbonyl (C=O) groups is 3. The maximum Gasteiger partial charge on any atom is 0.410 e. The van der Waals surface area contributed by atoms with E-state index in [9.17, 15) is 34.6 Å². The molecule has 1 aliphatic heterocycles. The van der Waals surface area contributed by atoms with E-state index in [0.717, 1.165) is 19.3 Å². The molecule has 1 saturated carbocycles. The fraction of sp³-hybridized carbons (Fsp3) is 0.328. The molecule has 2 aromatic heterocycles. The molecule has 0 atom stereocenters. The van der Waals surface area contributed by atoms with Gasteiger partial charge in [-0.2, -0.15) is 0 Å². The average molecular weight is 1180 g/mol. The van der Waals surface area contributed by atoms with E-state index in [4.69, 9.17) is 67.0 Å². The van der Waals surface area contributed by atoms with Gasteiger partial charge in [-0.1, -0.05) is 82.4 Å². The number of nitrogens with zero attached hydrogens (tertiary/aromatic N) is 7. The molecular formula is C58H53Cl4N7O12. The minimum atomic E-state index is -0.936. The Bertz CT molecular complexity index is 3520. The second-order valence-electron chi connectivity index (χ2n) is 19.5. The van der Waals surface area contributed by atoms with Crippen LogP contribution >= 0.6 is 46.4 Å². The Morgan fingerprint density at radius 1 is 0.691 bits per heavy atom. The first kappa shape index (κ1) is 60.4. The lowest BCUT2D eigenvalue weighted by atomic mass is 9.85. The van der Waals surface area contributed by atoms with E-state index in [0.29, 0.717) is 89.6 Å². The van der Waals surface area contributed by atoms with E-state index in [-0.39, 0.29) is 50.5 Å². The first-order valence-electron chi connectivity index (χ1n) is 25.3. The topological polar surface area (TPSA) is 223 Å².